The standard InChI is InChI=1S/C10H21N/c1-7(2)9-5-4-8(3)6-10(9)11/h7-10H,4-6,11H2,1-3H3/p+1/t8-,9-,10-/m1/s1. The summed E-state index contributed by atoms with van der Waals surface area (Å²) in [6.45, 7) is 7.02. The molecule has 3 atom stereocenters. The van der Waals surface area contributed by atoms with Gasteiger partial charge in [-0.15, -0.1) is 0 Å². The molecule has 11 heavy (non-hydrogen) atoms. The molecule has 0 aliphatic heterocycles. The van der Waals surface area contributed by atoms with Crippen molar-refractivity contribution in [3.8, 4) is 0 Å². The van der Waals surface area contributed by atoms with E-state index < -0.39 is 0 Å². The van der Waals surface area contributed by atoms with Crippen LogP contribution in [-0.4, -0.2) is 6.04 Å². The molecule has 1 saturated carbocycles. The highest BCUT2D eigenvalue weighted by molar-refractivity contribution is 4.78. The minimum Gasteiger partial charge on any atom is -0.355 e. The Kier molecular flexibility index (Phi) is 2.94. The van der Waals surface area contributed by atoms with Crippen LogP contribution in [-0.2, 0) is 0 Å². The fourth-order valence-corrected chi connectivity index (χ4v) is 2.40. The number of quaternary nitrogens is 1. The molecule has 0 aromatic rings. The molecule has 1 fully saturated rings. The predicted octanol–water partition coefficient (Wildman–Crippen LogP) is 1.69. The summed E-state index contributed by atoms with van der Waals surface area (Å²) in [5.74, 6) is 2.66. The Hall–Kier alpha value is -0.0400. The van der Waals surface area contributed by atoms with Gasteiger partial charge in [-0.2, -0.15) is 0 Å². The van der Waals surface area contributed by atoms with Crippen molar-refractivity contribution in [2.45, 2.75) is 46.1 Å². The van der Waals surface area contributed by atoms with E-state index in [1.807, 2.05) is 0 Å². The van der Waals surface area contributed by atoms with Crippen molar-refractivity contribution in [1.29, 1.82) is 0 Å². The highest BCUT2D eigenvalue weighted by Gasteiger charge is 2.30. The Balaban J connectivity index is 2.44. The molecule has 1 heteroatoms. The monoisotopic (exact) mass is 156 g/mol. The Labute approximate surface area is 70.4 Å². The van der Waals surface area contributed by atoms with Gasteiger partial charge in [0.15, 0.2) is 0 Å². The maximum Gasteiger partial charge on any atom is 0.0877 e. The van der Waals surface area contributed by atoms with Gasteiger partial charge in [-0.3, -0.25) is 0 Å². The SMILES string of the molecule is CC(C)[C@H]1CC[C@@H](C)C[C@H]1[NH3+]. The van der Waals surface area contributed by atoms with Crippen LogP contribution in [0.4, 0.5) is 0 Å². The van der Waals surface area contributed by atoms with Gasteiger partial charge in [0.2, 0.25) is 0 Å². The van der Waals surface area contributed by atoms with Crippen molar-refractivity contribution in [3.63, 3.8) is 0 Å². The van der Waals surface area contributed by atoms with Crippen LogP contribution in [0.5, 0.6) is 0 Å². The molecule has 0 spiro atoms. The first-order valence-corrected chi connectivity index (χ1v) is 4.94. The van der Waals surface area contributed by atoms with Gasteiger partial charge in [-0.25, -0.2) is 0 Å². The lowest BCUT2D eigenvalue weighted by molar-refractivity contribution is -0.443. The lowest BCUT2D eigenvalue weighted by Crippen LogP contribution is -2.66. The third-order valence-corrected chi connectivity index (χ3v) is 3.16. The van der Waals surface area contributed by atoms with Crippen molar-refractivity contribution in [2.75, 3.05) is 0 Å². The van der Waals surface area contributed by atoms with E-state index in [9.17, 15) is 0 Å². The van der Waals surface area contributed by atoms with Gasteiger partial charge in [-0.05, 0) is 24.7 Å². The predicted molar refractivity (Wildman–Crippen MR) is 48.0 cm³/mol. The smallest absolute Gasteiger partial charge is 0.0877 e. The van der Waals surface area contributed by atoms with Crippen molar-refractivity contribution < 1.29 is 5.73 Å². The van der Waals surface area contributed by atoms with Gasteiger partial charge in [-0.1, -0.05) is 20.8 Å². The van der Waals surface area contributed by atoms with Gasteiger partial charge in [0, 0.05) is 12.3 Å². The molecule has 0 aromatic carbocycles. The molecule has 1 aliphatic rings. The van der Waals surface area contributed by atoms with Crippen LogP contribution < -0.4 is 5.73 Å². The molecule has 0 bridgehead atoms. The quantitative estimate of drug-likeness (QED) is 0.598. The van der Waals surface area contributed by atoms with E-state index in [-0.39, 0.29) is 0 Å². The summed E-state index contributed by atoms with van der Waals surface area (Å²) in [5.41, 5.74) is 4.25. The average Bonchev–Trinajstić information content (AvgIpc) is 1.85. The van der Waals surface area contributed by atoms with E-state index in [0.29, 0.717) is 0 Å². The molecular weight excluding hydrogens is 134 g/mol. The molecular formula is C10H22N+. The van der Waals surface area contributed by atoms with Crippen LogP contribution in [0.2, 0.25) is 0 Å². The molecule has 1 aliphatic carbocycles. The molecule has 0 amide bonds. The third-order valence-electron chi connectivity index (χ3n) is 3.16. The van der Waals surface area contributed by atoms with E-state index in [1.165, 1.54) is 19.3 Å². The van der Waals surface area contributed by atoms with E-state index in [2.05, 4.69) is 26.5 Å². The minimum absolute atomic E-state index is 0.721. The summed E-state index contributed by atoms with van der Waals surface area (Å²) in [6, 6.07) is 0.721. The van der Waals surface area contributed by atoms with Crippen molar-refractivity contribution in [1.82, 2.24) is 0 Å². The molecule has 1 rings (SSSR count). The second-order valence-electron chi connectivity index (χ2n) is 4.59. The second-order valence-corrected chi connectivity index (χ2v) is 4.59. The summed E-state index contributed by atoms with van der Waals surface area (Å²) in [6.07, 6.45) is 4.19. The lowest BCUT2D eigenvalue weighted by Gasteiger charge is -2.32. The Morgan fingerprint density at radius 3 is 2.36 bits per heavy atom. The molecule has 0 heterocycles. The molecule has 0 saturated heterocycles. The molecule has 3 N–H and O–H groups in total. The van der Waals surface area contributed by atoms with Crippen molar-refractivity contribution in [2.24, 2.45) is 17.8 Å². The van der Waals surface area contributed by atoms with Crippen LogP contribution in [0.1, 0.15) is 40.0 Å². The molecule has 1 nitrogen and oxygen atoms in total. The summed E-state index contributed by atoms with van der Waals surface area (Å²) in [5, 5.41) is 0. The first-order chi connectivity index (χ1) is 5.11. The second kappa shape index (κ2) is 3.57. The molecule has 66 valence electrons. The average molecular weight is 156 g/mol. The number of hydrogen-bond donors (Lipinski definition) is 1. The molecule has 0 aromatic heterocycles. The third kappa shape index (κ3) is 2.19. The first-order valence-electron chi connectivity index (χ1n) is 4.94. The van der Waals surface area contributed by atoms with E-state index in [4.69, 9.17) is 0 Å². The van der Waals surface area contributed by atoms with Gasteiger partial charge in [0.05, 0.1) is 6.04 Å². The van der Waals surface area contributed by atoms with Crippen molar-refractivity contribution >= 4 is 0 Å². The van der Waals surface area contributed by atoms with E-state index >= 15 is 0 Å². The largest absolute Gasteiger partial charge is 0.355 e. The van der Waals surface area contributed by atoms with Crippen LogP contribution in [0.15, 0.2) is 0 Å². The summed E-state index contributed by atoms with van der Waals surface area (Å²) in [4.78, 5) is 0. The zero-order valence-corrected chi connectivity index (χ0v) is 8.14. The summed E-state index contributed by atoms with van der Waals surface area (Å²) >= 11 is 0. The minimum atomic E-state index is 0.721. The topological polar surface area (TPSA) is 27.6 Å². The fraction of sp³-hybridized carbons (Fsp3) is 1.00. The van der Waals surface area contributed by atoms with Crippen molar-refractivity contribution in [3.05, 3.63) is 0 Å². The number of hydrogen-bond acceptors (Lipinski definition) is 0. The van der Waals surface area contributed by atoms with Gasteiger partial charge in [0.1, 0.15) is 0 Å². The first kappa shape index (κ1) is 9.05. The normalized spacial score (nSPS) is 39.5. The van der Waals surface area contributed by atoms with E-state index in [1.54, 1.807) is 0 Å². The maximum absolute atomic E-state index is 4.25. The van der Waals surface area contributed by atoms with Gasteiger partial charge in [0.25, 0.3) is 0 Å². The highest BCUT2D eigenvalue weighted by atomic mass is 14.7. The van der Waals surface area contributed by atoms with E-state index in [0.717, 1.165) is 23.8 Å². The number of rotatable bonds is 1. The van der Waals surface area contributed by atoms with Crippen LogP contribution in [0.25, 0.3) is 0 Å². The zero-order chi connectivity index (χ0) is 8.43. The maximum atomic E-state index is 4.25. The van der Waals surface area contributed by atoms with Crippen LogP contribution in [0, 0.1) is 17.8 Å². The van der Waals surface area contributed by atoms with Gasteiger partial charge < -0.3 is 5.73 Å². The van der Waals surface area contributed by atoms with Gasteiger partial charge >= 0.3 is 0 Å². The Morgan fingerprint density at radius 2 is 1.91 bits per heavy atom. The van der Waals surface area contributed by atoms with Crippen LogP contribution in [0.3, 0.4) is 0 Å². The zero-order valence-electron chi connectivity index (χ0n) is 8.14. The Morgan fingerprint density at radius 1 is 1.27 bits per heavy atom. The summed E-state index contributed by atoms with van der Waals surface area (Å²) in [7, 11) is 0. The fourth-order valence-electron chi connectivity index (χ4n) is 2.40. The molecule has 0 radical (unpaired) electrons. The summed E-state index contributed by atoms with van der Waals surface area (Å²) < 4.78 is 0. The highest BCUT2D eigenvalue weighted by Crippen LogP contribution is 2.31. The Bertz CT molecular complexity index is 120. The molecule has 0 unspecified atom stereocenters. The van der Waals surface area contributed by atoms with Crippen LogP contribution >= 0.6 is 0 Å². The lowest BCUT2D eigenvalue weighted by atomic mass is 9.74.